The van der Waals surface area contributed by atoms with Crippen molar-refractivity contribution in [1.82, 2.24) is 10.2 Å². The summed E-state index contributed by atoms with van der Waals surface area (Å²) in [6, 6.07) is 3.84. The van der Waals surface area contributed by atoms with Gasteiger partial charge in [-0.05, 0) is 31.0 Å². The summed E-state index contributed by atoms with van der Waals surface area (Å²) in [4.78, 5) is 23.3. The number of carbonyl (C=O) groups is 2. The molecule has 0 radical (unpaired) electrons. The second-order valence-electron chi connectivity index (χ2n) is 8.91. The van der Waals surface area contributed by atoms with Gasteiger partial charge in [-0.2, -0.15) is 48.3 Å². The summed E-state index contributed by atoms with van der Waals surface area (Å²) in [7, 11) is 0. The lowest BCUT2D eigenvalue weighted by Gasteiger charge is -2.38. The number of unbranched alkanes of at least 4 members (excludes halogenated alkanes) is 1. The van der Waals surface area contributed by atoms with Crippen molar-refractivity contribution in [2.75, 3.05) is 32.8 Å². The first kappa shape index (κ1) is 37.0. The van der Waals surface area contributed by atoms with Gasteiger partial charge in [0.15, 0.2) is 6.10 Å². The number of nitrogens with one attached hydrogen (secondary N) is 1. The number of hydrogen-bond donors (Lipinski definition) is 2. The predicted octanol–water partition coefficient (Wildman–Crippen LogP) is 6.01. The predicted molar refractivity (Wildman–Crippen MR) is 124 cm³/mol. The molecular formula is C24H29F11N2O5. The van der Waals surface area contributed by atoms with E-state index in [0.717, 1.165) is 0 Å². The van der Waals surface area contributed by atoms with Crippen LogP contribution in [0.1, 0.15) is 32.3 Å². The summed E-state index contributed by atoms with van der Waals surface area (Å²) < 4.78 is 158. The molecule has 0 heterocycles. The maximum atomic E-state index is 14.4. The Balaban J connectivity index is 3.09. The number of carboxylic acid groups (broad SMARTS) is 1. The Morgan fingerprint density at radius 1 is 0.905 bits per heavy atom. The molecule has 242 valence electrons. The SMILES string of the molecule is CCCCNC(=O)N(CCOc1ccc(CC(OCC)C(=O)O)cc1)CC(F)(F)C(F)(F)C(F)(F)C(F)(F)C(F)(F)F. The van der Waals surface area contributed by atoms with Gasteiger partial charge in [-0.1, -0.05) is 25.5 Å². The zero-order valence-corrected chi connectivity index (χ0v) is 22.2. The maximum absolute atomic E-state index is 14.4. The third kappa shape index (κ3) is 8.73. The smallest absolute Gasteiger partial charge is 0.460 e. The Kier molecular flexibility index (Phi) is 12.7. The average molecular weight is 634 g/mol. The molecule has 0 aliphatic carbocycles. The quantitative estimate of drug-likeness (QED) is 0.162. The molecule has 0 aliphatic heterocycles. The number of carbonyl (C=O) groups excluding carboxylic acids is 1. The third-order valence-corrected chi connectivity index (χ3v) is 5.70. The van der Waals surface area contributed by atoms with Gasteiger partial charge in [0, 0.05) is 19.6 Å². The first-order valence-electron chi connectivity index (χ1n) is 12.3. The highest BCUT2D eigenvalue weighted by Crippen LogP contribution is 2.57. The number of nitrogens with zero attached hydrogens (tertiary/aromatic N) is 1. The van der Waals surface area contributed by atoms with E-state index in [9.17, 15) is 57.9 Å². The number of urea groups is 1. The highest BCUT2D eigenvalue weighted by Gasteiger charge is 2.87. The van der Waals surface area contributed by atoms with E-state index in [4.69, 9.17) is 14.6 Å². The molecule has 0 fully saturated rings. The lowest BCUT2D eigenvalue weighted by Crippen LogP contribution is -2.68. The van der Waals surface area contributed by atoms with Crippen LogP contribution in [0.3, 0.4) is 0 Å². The molecule has 18 heteroatoms. The zero-order valence-electron chi connectivity index (χ0n) is 22.2. The van der Waals surface area contributed by atoms with E-state index in [0.29, 0.717) is 12.0 Å². The van der Waals surface area contributed by atoms with Gasteiger partial charge in [0.1, 0.15) is 12.4 Å². The first-order valence-corrected chi connectivity index (χ1v) is 12.3. The lowest BCUT2D eigenvalue weighted by molar-refractivity contribution is -0.422. The van der Waals surface area contributed by atoms with Gasteiger partial charge in [0.05, 0.1) is 13.1 Å². The van der Waals surface area contributed by atoms with E-state index in [1.54, 1.807) is 13.8 Å². The molecule has 0 saturated carbocycles. The molecule has 1 unspecified atom stereocenters. The van der Waals surface area contributed by atoms with E-state index in [1.807, 2.05) is 5.32 Å². The van der Waals surface area contributed by atoms with Crippen molar-refractivity contribution in [1.29, 1.82) is 0 Å². The molecule has 1 aromatic rings. The minimum absolute atomic E-state index is 0.00168. The van der Waals surface area contributed by atoms with Crippen LogP contribution < -0.4 is 10.1 Å². The van der Waals surface area contributed by atoms with Gasteiger partial charge in [-0.25, -0.2) is 9.59 Å². The zero-order chi connectivity index (χ0) is 32.6. The van der Waals surface area contributed by atoms with Crippen molar-refractivity contribution in [3.05, 3.63) is 29.8 Å². The van der Waals surface area contributed by atoms with Crippen LogP contribution in [0.4, 0.5) is 53.1 Å². The lowest BCUT2D eigenvalue weighted by atomic mass is 9.97. The summed E-state index contributed by atoms with van der Waals surface area (Å²) >= 11 is 0. The second kappa shape index (κ2) is 14.4. The molecule has 2 N–H and O–H groups in total. The molecule has 0 aliphatic rings. The highest BCUT2D eigenvalue weighted by molar-refractivity contribution is 5.74. The number of rotatable bonds is 17. The van der Waals surface area contributed by atoms with Gasteiger partial charge < -0.3 is 24.8 Å². The molecule has 0 saturated heterocycles. The molecule has 7 nitrogen and oxygen atoms in total. The molecule has 0 aromatic heterocycles. The summed E-state index contributed by atoms with van der Waals surface area (Å²) in [6.45, 7) is -1.27. The molecular weight excluding hydrogens is 605 g/mol. The third-order valence-electron chi connectivity index (χ3n) is 5.70. The molecule has 0 spiro atoms. The van der Waals surface area contributed by atoms with Crippen molar-refractivity contribution in [3.8, 4) is 5.75 Å². The van der Waals surface area contributed by atoms with Crippen LogP contribution in [0.2, 0.25) is 0 Å². The number of alkyl halides is 11. The Hall–Kier alpha value is -3.05. The average Bonchev–Trinajstić information content (AvgIpc) is 2.87. The van der Waals surface area contributed by atoms with Crippen LogP contribution in [0, 0.1) is 0 Å². The van der Waals surface area contributed by atoms with Crippen molar-refractivity contribution >= 4 is 12.0 Å². The Bertz CT molecular complexity index is 1020. The van der Waals surface area contributed by atoms with Crippen LogP contribution in [0.25, 0.3) is 0 Å². The Morgan fingerprint density at radius 3 is 1.95 bits per heavy atom. The van der Waals surface area contributed by atoms with Crippen molar-refractivity contribution in [2.24, 2.45) is 0 Å². The second-order valence-corrected chi connectivity index (χ2v) is 8.91. The molecule has 0 bridgehead atoms. The molecule has 2 amide bonds. The minimum atomic E-state index is -7.59. The summed E-state index contributed by atoms with van der Waals surface area (Å²) in [5.74, 6) is -29.9. The standard InChI is InChI=1S/C24H29F11N2O5/c1-3-5-10-36-19(40)37(14-20(25,26)21(27,28)22(29,30)23(31,32)24(33,34)35)11-12-42-16-8-6-15(7-9-16)13-17(18(38)39)41-4-2/h6-9,17H,3-5,10-14H2,1-2H3,(H,36,40)(H,38,39). The number of halogens is 11. The van der Waals surface area contributed by atoms with E-state index < -0.39 is 67.7 Å². The first-order chi connectivity index (χ1) is 19.2. The summed E-state index contributed by atoms with van der Waals surface area (Å²) in [6.07, 6.45) is -7.78. The van der Waals surface area contributed by atoms with Crippen LogP contribution in [-0.4, -0.2) is 90.8 Å². The van der Waals surface area contributed by atoms with Gasteiger partial charge in [0.2, 0.25) is 0 Å². The fourth-order valence-corrected chi connectivity index (χ4v) is 3.31. The normalized spacial score (nSPS) is 13.9. The van der Waals surface area contributed by atoms with Crippen LogP contribution >= 0.6 is 0 Å². The summed E-state index contributed by atoms with van der Waals surface area (Å²) in [5, 5.41) is 11.2. The van der Waals surface area contributed by atoms with Gasteiger partial charge in [-0.3, -0.25) is 0 Å². The number of benzene rings is 1. The van der Waals surface area contributed by atoms with E-state index in [2.05, 4.69) is 0 Å². The van der Waals surface area contributed by atoms with E-state index in [-0.39, 0.29) is 36.6 Å². The van der Waals surface area contributed by atoms with E-state index in [1.165, 1.54) is 24.3 Å². The topological polar surface area (TPSA) is 88.1 Å². The van der Waals surface area contributed by atoms with Crippen LogP contribution in [0.5, 0.6) is 5.75 Å². The van der Waals surface area contributed by atoms with Gasteiger partial charge >= 0.3 is 41.9 Å². The molecule has 42 heavy (non-hydrogen) atoms. The molecule has 1 aromatic carbocycles. The Morgan fingerprint density at radius 2 is 1.48 bits per heavy atom. The van der Waals surface area contributed by atoms with Crippen molar-refractivity contribution < 1.29 is 72.5 Å². The van der Waals surface area contributed by atoms with Crippen LogP contribution in [0.15, 0.2) is 24.3 Å². The fraction of sp³-hybridized carbons (Fsp3) is 0.667. The number of ether oxygens (including phenoxy) is 2. The summed E-state index contributed by atoms with van der Waals surface area (Å²) in [5.41, 5.74) is 0.471. The number of aliphatic carboxylic acids is 1. The van der Waals surface area contributed by atoms with Crippen molar-refractivity contribution in [2.45, 2.75) is 69.1 Å². The van der Waals surface area contributed by atoms with Gasteiger partial charge in [0.25, 0.3) is 0 Å². The minimum Gasteiger partial charge on any atom is -0.492 e. The van der Waals surface area contributed by atoms with Crippen LogP contribution in [-0.2, 0) is 16.0 Å². The number of carboxylic acids is 1. The highest BCUT2D eigenvalue weighted by atomic mass is 19.4. The monoisotopic (exact) mass is 634 g/mol. The maximum Gasteiger partial charge on any atom is 0.460 e. The fourth-order valence-electron chi connectivity index (χ4n) is 3.31. The van der Waals surface area contributed by atoms with Gasteiger partial charge in [-0.15, -0.1) is 0 Å². The van der Waals surface area contributed by atoms with Crippen molar-refractivity contribution in [3.63, 3.8) is 0 Å². The largest absolute Gasteiger partial charge is 0.492 e. The number of amides is 2. The molecule has 1 atom stereocenters. The van der Waals surface area contributed by atoms with E-state index >= 15 is 0 Å². The molecule has 1 rings (SSSR count). The number of hydrogen-bond acceptors (Lipinski definition) is 4. The Labute approximate surface area is 232 Å².